The van der Waals surface area contributed by atoms with Crippen LogP contribution >= 0.6 is 0 Å². The van der Waals surface area contributed by atoms with Gasteiger partial charge >= 0.3 is 5.69 Å². The third-order valence-electron chi connectivity index (χ3n) is 3.20. The second-order valence-electron chi connectivity index (χ2n) is 4.49. The van der Waals surface area contributed by atoms with Crippen LogP contribution in [0.2, 0.25) is 0 Å². The van der Waals surface area contributed by atoms with Crippen molar-refractivity contribution in [2.75, 3.05) is 6.61 Å². The first kappa shape index (κ1) is 11.0. The van der Waals surface area contributed by atoms with Gasteiger partial charge in [-0.05, 0) is 37.0 Å². The predicted molar refractivity (Wildman–Crippen MR) is 68.8 cm³/mol. The first-order chi connectivity index (χ1) is 8.75. The van der Waals surface area contributed by atoms with E-state index >= 15 is 0 Å². The smallest absolute Gasteiger partial charge is 0.345 e. The number of hydrogen-bond acceptors (Lipinski definition) is 3. The molecule has 3 rings (SSSR count). The van der Waals surface area contributed by atoms with E-state index in [1.807, 2.05) is 19.1 Å². The van der Waals surface area contributed by atoms with Crippen molar-refractivity contribution < 1.29 is 4.74 Å². The van der Waals surface area contributed by atoms with Crippen molar-refractivity contribution in [2.45, 2.75) is 19.8 Å². The maximum absolute atomic E-state index is 11.4. The number of ether oxygens (including phenoxy) is 1. The molecule has 1 aliphatic rings. The van der Waals surface area contributed by atoms with E-state index in [0.717, 1.165) is 42.0 Å². The van der Waals surface area contributed by atoms with Crippen molar-refractivity contribution >= 4 is 0 Å². The lowest BCUT2D eigenvalue weighted by Crippen LogP contribution is -2.13. The Kier molecular flexibility index (Phi) is 2.63. The average Bonchev–Trinajstić information content (AvgIpc) is 2.41. The fraction of sp³-hybridized carbons (Fsp3) is 0.286. The number of aromatic amines is 1. The minimum atomic E-state index is -0.330. The molecule has 0 amide bonds. The molecule has 0 atom stereocenters. The Bertz CT molecular complexity index is 646. The lowest BCUT2D eigenvalue weighted by Gasteiger charge is -2.20. The average molecular weight is 242 g/mol. The molecule has 0 unspecified atom stereocenters. The zero-order chi connectivity index (χ0) is 12.5. The van der Waals surface area contributed by atoms with E-state index < -0.39 is 0 Å². The summed E-state index contributed by atoms with van der Waals surface area (Å²) >= 11 is 0. The summed E-state index contributed by atoms with van der Waals surface area (Å²) in [6, 6.07) is 6.05. The Balaban J connectivity index is 2.23. The van der Waals surface area contributed by atoms with Crippen molar-refractivity contribution in [3.05, 3.63) is 46.0 Å². The van der Waals surface area contributed by atoms with Crippen LogP contribution in [0.5, 0.6) is 5.75 Å². The highest BCUT2D eigenvalue weighted by molar-refractivity contribution is 5.71. The van der Waals surface area contributed by atoms with Crippen LogP contribution in [0.4, 0.5) is 0 Å². The molecule has 1 aromatic carbocycles. The molecule has 4 nitrogen and oxygen atoms in total. The van der Waals surface area contributed by atoms with Gasteiger partial charge in [0.1, 0.15) is 5.75 Å². The Labute approximate surface area is 105 Å². The largest absolute Gasteiger partial charge is 0.493 e. The minimum Gasteiger partial charge on any atom is -0.493 e. The second-order valence-corrected chi connectivity index (χ2v) is 4.49. The van der Waals surface area contributed by atoms with Gasteiger partial charge in [-0.2, -0.15) is 0 Å². The first-order valence-corrected chi connectivity index (χ1v) is 6.06. The molecule has 2 aromatic rings. The highest BCUT2D eigenvalue weighted by Crippen LogP contribution is 2.35. The number of benzene rings is 1. The summed E-state index contributed by atoms with van der Waals surface area (Å²) in [5.41, 5.74) is 3.56. The lowest BCUT2D eigenvalue weighted by atomic mass is 9.99. The number of fused-ring (bicyclic) bond motifs is 1. The van der Waals surface area contributed by atoms with Crippen LogP contribution in [0.25, 0.3) is 11.3 Å². The topological polar surface area (TPSA) is 55.0 Å². The van der Waals surface area contributed by atoms with E-state index in [2.05, 4.69) is 16.0 Å². The first-order valence-electron chi connectivity index (χ1n) is 6.06. The molecule has 18 heavy (non-hydrogen) atoms. The monoisotopic (exact) mass is 242 g/mol. The molecule has 0 saturated heterocycles. The molecule has 0 radical (unpaired) electrons. The Morgan fingerprint density at radius 3 is 3.17 bits per heavy atom. The third-order valence-corrected chi connectivity index (χ3v) is 3.20. The Morgan fingerprint density at radius 1 is 1.39 bits per heavy atom. The quantitative estimate of drug-likeness (QED) is 0.832. The number of aromatic nitrogens is 2. The van der Waals surface area contributed by atoms with E-state index in [4.69, 9.17) is 4.74 Å². The fourth-order valence-corrected chi connectivity index (χ4v) is 2.32. The van der Waals surface area contributed by atoms with Crippen LogP contribution < -0.4 is 10.4 Å². The molecule has 1 aliphatic heterocycles. The van der Waals surface area contributed by atoms with Crippen LogP contribution in [0.3, 0.4) is 0 Å². The molecule has 0 spiro atoms. The Morgan fingerprint density at radius 2 is 2.28 bits per heavy atom. The molecule has 1 aromatic heterocycles. The van der Waals surface area contributed by atoms with Crippen LogP contribution in [-0.4, -0.2) is 16.6 Å². The number of para-hydroxylation sites is 1. The van der Waals surface area contributed by atoms with Gasteiger partial charge in [-0.3, -0.25) is 0 Å². The summed E-state index contributed by atoms with van der Waals surface area (Å²) in [6.45, 7) is 2.67. The number of nitrogens with zero attached hydrogens (tertiary/aromatic N) is 1. The van der Waals surface area contributed by atoms with E-state index in [1.54, 1.807) is 6.20 Å². The van der Waals surface area contributed by atoms with Crippen molar-refractivity contribution in [3.8, 4) is 17.0 Å². The van der Waals surface area contributed by atoms with Gasteiger partial charge in [0.2, 0.25) is 0 Å². The summed E-state index contributed by atoms with van der Waals surface area (Å²) in [4.78, 5) is 17.9. The van der Waals surface area contributed by atoms with Crippen LogP contribution in [0.1, 0.15) is 17.5 Å². The number of nitrogens with one attached hydrogen (secondary N) is 1. The maximum Gasteiger partial charge on any atom is 0.345 e. The molecule has 1 N–H and O–H groups in total. The van der Waals surface area contributed by atoms with Crippen LogP contribution in [-0.2, 0) is 6.42 Å². The number of rotatable bonds is 1. The predicted octanol–water partition coefficient (Wildman–Crippen LogP) is 2.07. The molecule has 0 bridgehead atoms. The van der Waals surface area contributed by atoms with Gasteiger partial charge in [0.05, 0.1) is 12.3 Å². The fourth-order valence-electron chi connectivity index (χ4n) is 2.32. The van der Waals surface area contributed by atoms with Gasteiger partial charge in [-0.1, -0.05) is 12.1 Å². The molecule has 92 valence electrons. The number of hydrogen-bond donors (Lipinski definition) is 1. The normalized spacial score (nSPS) is 13.8. The van der Waals surface area contributed by atoms with E-state index in [1.165, 1.54) is 5.56 Å². The molecule has 4 heteroatoms. The molecule has 0 fully saturated rings. The SMILES string of the molecule is Cc1cnc(=O)[nH]c1-c1cccc2c1OCCC2. The van der Waals surface area contributed by atoms with Gasteiger partial charge in [0.25, 0.3) is 0 Å². The van der Waals surface area contributed by atoms with Crippen LogP contribution in [0.15, 0.2) is 29.2 Å². The molecular weight excluding hydrogens is 228 g/mol. The van der Waals surface area contributed by atoms with Gasteiger partial charge in [-0.25, -0.2) is 9.78 Å². The highest BCUT2D eigenvalue weighted by Gasteiger charge is 2.17. The minimum absolute atomic E-state index is 0.330. The summed E-state index contributed by atoms with van der Waals surface area (Å²) in [5, 5.41) is 0. The van der Waals surface area contributed by atoms with Gasteiger partial charge in [0.15, 0.2) is 0 Å². The molecular formula is C14H14N2O2. The second kappa shape index (κ2) is 4.29. The maximum atomic E-state index is 11.4. The van der Waals surface area contributed by atoms with E-state index in [0.29, 0.717) is 0 Å². The summed E-state index contributed by atoms with van der Waals surface area (Å²) in [6.07, 6.45) is 3.66. The van der Waals surface area contributed by atoms with Crippen molar-refractivity contribution in [2.24, 2.45) is 0 Å². The molecule has 0 aliphatic carbocycles. The van der Waals surface area contributed by atoms with Gasteiger partial charge < -0.3 is 9.72 Å². The van der Waals surface area contributed by atoms with Crippen molar-refractivity contribution in [3.63, 3.8) is 0 Å². The molecule has 0 saturated carbocycles. The molecule has 2 heterocycles. The van der Waals surface area contributed by atoms with E-state index in [9.17, 15) is 4.79 Å². The number of H-pyrrole nitrogens is 1. The van der Waals surface area contributed by atoms with Gasteiger partial charge in [0, 0.05) is 11.8 Å². The van der Waals surface area contributed by atoms with Gasteiger partial charge in [-0.15, -0.1) is 0 Å². The zero-order valence-electron chi connectivity index (χ0n) is 10.2. The standard InChI is InChI=1S/C14H14N2O2/c1-9-8-15-14(17)16-12(9)11-6-2-4-10-5-3-7-18-13(10)11/h2,4,6,8H,3,5,7H2,1H3,(H,15,16,17). The summed E-state index contributed by atoms with van der Waals surface area (Å²) in [7, 11) is 0. The zero-order valence-corrected chi connectivity index (χ0v) is 10.2. The highest BCUT2D eigenvalue weighted by atomic mass is 16.5. The summed E-state index contributed by atoms with van der Waals surface area (Å²) < 4.78 is 5.76. The van der Waals surface area contributed by atoms with Crippen molar-refractivity contribution in [1.29, 1.82) is 0 Å². The summed E-state index contributed by atoms with van der Waals surface area (Å²) in [5.74, 6) is 0.897. The van der Waals surface area contributed by atoms with E-state index in [-0.39, 0.29) is 5.69 Å². The number of aryl methyl sites for hydroxylation is 2. The van der Waals surface area contributed by atoms with Crippen LogP contribution in [0, 0.1) is 6.92 Å². The third kappa shape index (κ3) is 1.79. The Hall–Kier alpha value is -2.10. The lowest BCUT2D eigenvalue weighted by molar-refractivity contribution is 0.289. The van der Waals surface area contributed by atoms with Crippen molar-refractivity contribution in [1.82, 2.24) is 9.97 Å².